The molecule has 0 radical (unpaired) electrons. The summed E-state index contributed by atoms with van der Waals surface area (Å²) in [5.74, 6) is 1.40. The summed E-state index contributed by atoms with van der Waals surface area (Å²) in [6, 6.07) is 13.9. The van der Waals surface area contributed by atoms with Crippen LogP contribution in [0.3, 0.4) is 0 Å². The smallest absolute Gasteiger partial charge is 0.161 e. The predicted octanol–water partition coefficient (Wildman–Crippen LogP) is 4.34. The van der Waals surface area contributed by atoms with Crippen LogP contribution in [0.1, 0.15) is 22.1 Å². The summed E-state index contributed by atoms with van der Waals surface area (Å²) in [5.41, 5.74) is 3.27. The van der Waals surface area contributed by atoms with Crippen LogP contribution in [0.2, 0.25) is 0 Å². The number of aryl methyl sites for hydroxylation is 1. The minimum atomic E-state index is -0.195. The van der Waals surface area contributed by atoms with Crippen molar-refractivity contribution < 1.29 is 9.47 Å². The minimum Gasteiger partial charge on any atom is -0.493 e. The summed E-state index contributed by atoms with van der Waals surface area (Å²) in [6.07, 6.45) is 0. The van der Waals surface area contributed by atoms with Crippen molar-refractivity contribution >= 4 is 11.6 Å². The maximum atomic E-state index is 6.53. The van der Waals surface area contributed by atoms with Gasteiger partial charge in [-0.3, -0.25) is 0 Å². The van der Waals surface area contributed by atoms with E-state index in [0.29, 0.717) is 11.5 Å². The molecule has 0 saturated carbocycles. The molecule has 0 aromatic heterocycles. The molecule has 19 heavy (non-hydrogen) atoms. The van der Waals surface area contributed by atoms with E-state index in [2.05, 4.69) is 19.1 Å². The van der Waals surface area contributed by atoms with Crippen LogP contribution in [0.15, 0.2) is 42.5 Å². The lowest BCUT2D eigenvalue weighted by molar-refractivity contribution is 0.354. The van der Waals surface area contributed by atoms with E-state index in [-0.39, 0.29) is 5.38 Å². The molecule has 2 aromatic rings. The van der Waals surface area contributed by atoms with Gasteiger partial charge >= 0.3 is 0 Å². The Morgan fingerprint density at radius 2 is 1.58 bits per heavy atom. The SMILES string of the molecule is COc1ccc(C(Cl)c2cccc(C)c2)cc1OC. The molecule has 2 nitrogen and oxygen atoms in total. The third-order valence-corrected chi connectivity index (χ3v) is 3.54. The van der Waals surface area contributed by atoms with Gasteiger partial charge in [0.15, 0.2) is 11.5 Å². The van der Waals surface area contributed by atoms with Gasteiger partial charge < -0.3 is 9.47 Å². The van der Waals surface area contributed by atoms with Crippen molar-refractivity contribution in [3.8, 4) is 11.5 Å². The molecule has 0 amide bonds. The molecule has 2 rings (SSSR count). The van der Waals surface area contributed by atoms with Crippen molar-refractivity contribution in [1.29, 1.82) is 0 Å². The quantitative estimate of drug-likeness (QED) is 0.774. The van der Waals surface area contributed by atoms with Crippen molar-refractivity contribution in [3.63, 3.8) is 0 Å². The van der Waals surface area contributed by atoms with Gasteiger partial charge in [0, 0.05) is 0 Å². The van der Waals surface area contributed by atoms with Crippen LogP contribution >= 0.6 is 11.6 Å². The molecule has 0 N–H and O–H groups in total. The highest BCUT2D eigenvalue weighted by Gasteiger charge is 2.13. The molecular weight excluding hydrogens is 260 g/mol. The standard InChI is InChI=1S/C16H17ClO2/c1-11-5-4-6-12(9-11)16(17)13-7-8-14(18-2)15(10-13)19-3/h4-10,16H,1-3H3. The molecule has 0 saturated heterocycles. The van der Waals surface area contributed by atoms with E-state index < -0.39 is 0 Å². The van der Waals surface area contributed by atoms with Gasteiger partial charge in [0.05, 0.1) is 19.6 Å². The number of ether oxygens (including phenoxy) is 2. The van der Waals surface area contributed by atoms with Gasteiger partial charge in [0.25, 0.3) is 0 Å². The highest BCUT2D eigenvalue weighted by Crippen LogP contribution is 2.35. The Kier molecular flexibility index (Phi) is 4.33. The zero-order chi connectivity index (χ0) is 13.8. The van der Waals surface area contributed by atoms with E-state index in [1.54, 1.807) is 14.2 Å². The fourth-order valence-electron chi connectivity index (χ4n) is 2.03. The topological polar surface area (TPSA) is 18.5 Å². The van der Waals surface area contributed by atoms with Crippen molar-refractivity contribution in [2.45, 2.75) is 12.3 Å². The van der Waals surface area contributed by atoms with Crippen LogP contribution in [0.5, 0.6) is 11.5 Å². The normalized spacial score (nSPS) is 12.0. The molecule has 3 heteroatoms. The minimum absolute atomic E-state index is 0.195. The third-order valence-electron chi connectivity index (χ3n) is 3.04. The molecular formula is C16H17ClO2. The van der Waals surface area contributed by atoms with Crippen molar-refractivity contribution in [2.24, 2.45) is 0 Å². The molecule has 100 valence electrons. The number of alkyl halides is 1. The number of hydrogen-bond acceptors (Lipinski definition) is 2. The van der Waals surface area contributed by atoms with Gasteiger partial charge in [-0.1, -0.05) is 35.9 Å². The Morgan fingerprint density at radius 1 is 0.895 bits per heavy atom. The van der Waals surface area contributed by atoms with Gasteiger partial charge in [0.2, 0.25) is 0 Å². The Morgan fingerprint density at radius 3 is 2.21 bits per heavy atom. The van der Waals surface area contributed by atoms with Gasteiger partial charge in [0.1, 0.15) is 0 Å². The van der Waals surface area contributed by atoms with E-state index in [4.69, 9.17) is 21.1 Å². The molecule has 0 bridgehead atoms. The summed E-state index contributed by atoms with van der Waals surface area (Å²) < 4.78 is 10.5. The lowest BCUT2D eigenvalue weighted by Gasteiger charge is -2.14. The highest BCUT2D eigenvalue weighted by atomic mass is 35.5. The Labute approximate surface area is 118 Å². The van der Waals surface area contributed by atoms with Crippen LogP contribution in [0.25, 0.3) is 0 Å². The van der Waals surface area contributed by atoms with Crippen LogP contribution in [0.4, 0.5) is 0 Å². The maximum Gasteiger partial charge on any atom is 0.161 e. The van der Waals surface area contributed by atoms with Gasteiger partial charge in [-0.05, 0) is 30.2 Å². The molecule has 1 unspecified atom stereocenters. The van der Waals surface area contributed by atoms with Gasteiger partial charge in [-0.15, -0.1) is 11.6 Å². The summed E-state index contributed by atoms with van der Waals surface area (Å²) in [6.45, 7) is 2.06. The number of benzene rings is 2. The van der Waals surface area contributed by atoms with Crippen molar-refractivity contribution in [2.75, 3.05) is 14.2 Å². The Balaban J connectivity index is 2.36. The van der Waals surface area contributed by atoms with Crippen LogP contribution in [-0.4, -0.2) is 14.2 Å². The second-order valence-electron chi connectivity index (χ2n) is 4.39. The van der Waals surface area contributed by atoms with E-state index >= 15 is 0 Å². The highest BCUT2D eigenvalue weighted by molar-refractivity contribution is 6.22. The van der Waals surface area contributed by atoms with Crippen molar-refractivity contribution in [1.82, 2.24) is 0 Å². The molecule has 0 heterocycles. The lowest BCUT2D eigenvalue weighted by Crippen LogP contribution is -1.96. The Hall–Kier alpha value is -1.67. The molecule has 2 aromatic carbocycles. The van der Waals surface area contributed by atoms with E-state index in [1.165, 1.54) is 5.56 Å². The summed E-state index contributed by atoms with van der Waals surface area (Å²) in [5, 5.41) is -0.195. The van der Waals surface area contributed by atoms with Crippen LogP contribution < -0.4 is 9.47 Å². The lowest BCUT2D eigenvalue weighted by atomic mass is 10.0. The zero-order valence-electron chi connectivity index (χ0n) is 11.3. The molecule has 0 fully saturated rings. The van der Waals surface area contributed by atoms with E-state index in [1.807, 2.05) is 30.3 Å². The maximum absolute atomic E-state index is 6.53. The number of rotatable bonds is 4. The second kappa shape index (κ2) is 5.98. The Bertz CT molecular complexity index is 566. The summed E-state index contributed by atoms with van der Waals surface area (Å²) in [7, 11) is 3.24. The van der Waals surface area contributed by atoms with Crippen LogP contribution in [-0.2, 0) is 0 Å². The van der Waals surface area contributed by atoms with Gasteiger partial charge in [-0.2, -0.15) is 0 Å². The molecule has 0 aliphatic rings. The summed E-state index contributed by atoms with van der Waals surface area (Å²) in [4.78, 5) is 0. The first-order chi connectivity index (χ1) is 9.15. The fraction of sp³-hybridized carbons (Fsp3) is 0.250. The third kappa shape index (κ3) is 3.02. The first kappa shape index (κ1) is 13.8. The van der Waals surface area contributed by atoms with Crippen molar-refractivity contribution in [3.05, 3.63) is 59.2 Å². The number of hydrogen-bond donors (Lipinski definition) is 0. The summed E-state index contributed by atoms with van der Waals surface area (Å²) >= 11 is 6.53. The first-order valence-electron chi connectivity index (χ1n) is 6.08. The molecule has 0 aliphatic carbocycles. The molecule has 0 aliphatic heterocycles. The second-order valence-corrected chi connectivity index (χ2v) is 4.83. The zero-order valence-corrected chi connectivity index (χ0v) is 12.1. The largest absolute Gasteiger partial charge is 0.493 e. The predicted molar refractivity (Wildman–Crippen MR) is 78.4 cm³/mol. The van der Waals surface area contributed by atoms with E-state index in [0.717, 1.165) is 11.1 Å². The fourth-order valence-corrected chi connectivity index (χ4v) is 2.30. The first-order valence-corrected chi connectivity index (χ1v) is 6.52. The number of halogens is 1. The average Bonchev–Trinajstić information content (AvgIpc) is 2.45. The monoisotopic (exact) mass is 276 g/mol. The van der Waals surface area contributed by atoms with E-state index in [9.17, 15) is 0 Å². The molecule has 1 atom stereocenters. The molecule has 0 spiro atoms. The van der Waals surface area contributed by atoms with Gasteiger partial charge in [-0.25, -0.2) is 0 Å². The van der Waals surface area contributed by atoms with Crippen LogP contribution in [0, 0.1) is 6.92 Å². The average molecular weight is 277 g/mol. The number of methoxy groups -OCH3 is 2.